The summed E-state index contributed by atoms with van der Waals surface area (Å²) in [4.78, 5) is 18.9. The molecule has 0 saturated heterocycles. The summed E-state index contributed by atoms with van der Waals surface area (Å²) >= 11 is 6.66. The molecule has 11 nitrogen and oxygen atoms in total. The molecule has 350 valence electrons. The quantitative estimate of drug-likeness (QED) is 0.0788. The van der Waals surface area contributed by atoms with Crippen molar-refractivity contribution in [1.29, 1.82) is 0 Å². The normalized spacial score (nSPS) is 19.4. The van der Waals surface area contributed by atoms with Gasteiger partial charge in [0.15, 0.2) is 15.7 Å². The number of anilines is 1. The Labute approximate surface area is 378 Å². The third-order valence-corrected chi connectivity index (χ3v) is 17.4. The predicted octanol–water partition coefficient (Wildman–Crippen LogP) is 8.95. The van der Waals surface area contributed by atoms with Gasteiger partial charge in [-0.05, 0) is 106 Å². The van der Waals surface area contributed by atoms with Gasteiger partial charge in [-0.2, -0.15) is 13.9 Å². The van der Waals surface area contributed by atoms with Crippen LogP contribution in [0.25, 0.3) is 22.0 Å². The van der Waals surface area contributed by atoms with E-state index in [-0.39, 0.29) is 61.8 Å². The van der Waals surface area contributed by atoms with Gasteiger partial charge in [0.1, 0.15) is 35.2 Å². The average molecular weight is 983 g/mol. The number of sulfone groups is 1. The van der Waals surface area contributed by atoms with E-state index in [2.05, 4.69) is 27.0 Å². The smallest absolute Gasteiger partial charge is 0.291 e. The predicted molar refractivity (Wildman–Crippen MR) is 228 cm³/mol. The van der Waals surface area contributed by atoms with Crippen LogP contribution in [0.5, 0.6) is 0 Å². The standard InChI is InChI=1S/C44H39ClF8N6O5S2/c1-43(2,65(61,62)25-4-5-25)12-11-24-3-8-27(28-9-10-32(45)37-39(28)59(19-34(48)49)56-42(37)57-66(63,64)26-6-7-26)38(54-24)33(15-21-13-22(46)16-23(47)14-21)55-35(60)20-58-18-30(41(50)51)36-29-17-31(29)44(52,53)40(36)58/h3,8-10,13-14,16,18,25-26,29,31,33-34,41H,4-7,15,17,19-20H2,1-2H3,(H,55,60)(H,56,57)/t29-,31+,33-/m0/s1. The van der Waals surface area contributed by atoms with Gasteiger partial charge in [0, 0.05) is 34.9 Å². The number of halogens is 9. The maximum Gasteiger partial charge on any atom is 0.291 e. The molecule has 2 aromatic carbocycles. The molecule has 5 aromatic rings. The fourth-order valence-corrected chi connectivity index (χ4v) is 12.2. The number of benzene rings is 2. The minimum Gasteiger partial charge on any atom is -0.346 e. The van der Waals surface area contributed by atoms with Crippen LogP contribution < -0.4 is 10.0 Å². The summed E-state index contributed by atoms with van der Waals surface area (Å²) in [5, 5.41) is 5.32. The number of carbonyl (C=O) groups excluding carboxylic acids is 1. The SMILES string of the molecule is CC(C)(C#Cc1ccc(-c2ccc(Cl)c3c(NS(=O)(=O)C4CC4)nn(CC(F)F)c23)c([C@H](Cc2cc(F)cc(F)c2)NC(=O)Cn2cc(C(F)F)c3c2C(F)(F)[C@@H]2C[C@H]32)n1)S(=O)(=O)C1CC1. The van der Waals surface area contributed by atoms with Crippen LogP contribution in [0.3, 0.4) is 0 Å². The monoisotopic (exact) mass is 982 g/mol. The van der Waals surface area contributed by atoms with Crippen LogP contribution in [-0.4, -0.2) is 63.7 Å². The maximum absolute atomic E-state index is 15.6. The van der Waals surface area contributed by atoms with Crippen molar-refractivity contribution in [2.45, 2.75) is 111 Å². The molecule has 9 rings (SSSR count). The van der Waals surface area contributed by atoms with Gasteiger partial charge < -0.3 is 9.88 Å². The number of sulfonamides is 1. The second-order valence-electron chi connectivity index (χ2n) is 17.7. The summed E-state index contributed by atoms with van der Waals surface area (Å²) in [6.07, 6.45) is -4.22. The van der Waals surface area contributed by atoms with Gasteiger partial charge in [-0.15, -0.1) is 0 Å². The lowest BCUT2D eigenvalue weighted by Crippen LogP contribution is -2.35. The molecule has 3 atom stereocenters. The van der Waals surface area contributed by atoms with E-state index >= 15 is 8.78 Å². The highest BCUT2D eigenvalue weighted by atomic mass is 35.5. The van der Waals surface area contributed by atoms with Crippen molar-refractivity contribution in [3.8, 4) is 23.0 Å². The van der Waals surface area contributed by atoms with Gasteiger partial charge in [0.05, 0.1) is 43.9 Å². The second kappa shape index (κ2) is 16.2. The minimum absolute atomic E-state index is 0.00163. The van der Waals surface area contributed by atoms with Crippen LogP contribution in [0.15, 0.2) is 48.7 Å². The van der Waals surface area contributed by atoms with E-state index in [9.17, 15) is 48.0 Å². The number of alkyl halides is 6. The Hall–Kier alpha value is -5.20. The molecule has 4 aliphatic rings. The zero-order valence-corrected chi connectivity index (χ0v) is 37.3. The number of pyridine rings is 1. The Morgan fingerprint density at radius 3 is 2.27 bits per heavy atom. The maximum atomic E-state index is 15.6. The Balaban J connectivity index is 1.22. The van der Waals surface area contributed by atoms with Crippen molar-refractivity contribution in [3.05, 3.63) is 99.1 Å². The molecule has 4 aliphatic carbocycles. The van der Waals surface area contributed by atoms with Crippen molar-refractivity contribution < 1.29 is 56.8 Å². The Kier molecular flexibility index (Phi) is 11.3. The zero-order chi connectivity index (χ0) is 47.4. The van der Waals surface area contributed by atoms with Crippen LogP contribution in [0.2, 0.25) is 5.02 Å². The lowest BCUT2D eigenvalue weighted by Gasteiger charge is -2.24. The summed E-state index contributed by atoms with van der Waals surface area (Å²) in [5.41, 5.74) is -1.97. The van der Waals surface area contributed by atoms with E-state index in [1.165, 1.54) is 38.1 Å². The van der Waals surface area contributed by atoms with Crippen LogP contribution in [0.1, 0.15) is 98.1 Å². The van der Waals surface area contributed by atoms with Crippen molar-refractivity contribution in [3.63, 3.8) is 0 Å². The number of carbonyl (C=O) groups is 1. The van der Waals surface area contributed by atoms with Gasteiger partial charge >= 0.3 is 0 Å². The van der Waals surface area contributed by atoms with Crippen molar-refractivity contribution >= 4 is 54.1 Å². The molecule has 22 heteroatoms. The first-order valence-corrected chi connectivity index (χ1v) is 24.3. The number of hydrogen-bond donors (Lipinski definition) is 2. The summed E-state index contributed by atoms with van der Waals surface area (Å²) in [7, 11) is -7.78. The van der Waals surface area contributed by atoms with E-state index in [0.29, 0.717) is 31.7 Å². The molecule has 3 saturated carbocycles. The number of nitrogens with zero attached hydrogens (tertiary/aromatic N) is 4. The lowest BCUT2D eigenvalue weighted by molar-refractivity contribution is -0.122. The van der Waals surface area contributed by atoms with Crippen molar-refractivity contribution in [2.75, 3.05) is 4.72 Å². The number of nitrogens with one attached hydrogen (secondary N) is 2. The highest BCUT2D eigenvalue weighted by Gasteiger charge is 2.66. The average Bonchev–Trinajstić information content (AvgIpc) is 4.11. The Bertz CT molecular complexity index is 3100. The van der Waals surface area contributed by atoms with E-state index in [1.807, 2.05) is 0 Å². The van der Waals surface area contributed by atoms with Crippen molar-refractivity contribution in [1.82, 2.24) is 24.6 Å². The molecule has 66 heavy (non-hydrogen) atoms. The van der Waals surface area contributed by atoms with Crippen molar-refractivity contribution in [2.24, 2.45) is 5.92 Å². The Morgan fingerprint density at radius 1 is 0.970 bits per heavy atom. The van der Waals surface area contributed by atoms with Crippen LogP contribution in [0.4, 0.5) is 40.9 Å². The van der Waals surface area contributed by atoms with Crippen LogP contribution in [0, 0.1) is 29.4 Å². The molecule has 0 bridgehead atoms. The first-order valence-electron chi connectivity index (χ1n) is 20.9. The second-order valence-corrected chi connectivity index (χ2v) is 22.8. The van der Waals surface area contributed by atoms with Gasteiger partial charge in [-0.3, -0.25) is 14.2 Å². The zero-order valence-electron chi connectivity index (χ0n) is 34.9. The van der Waals surface area contributed by atoms with E-state index in [1.54, 1.807) is 0 Å². The van der Waals surface area contributed by atoms with Gasteiger partial charge in [0.25, 0.3) is 18.8 Å². The van der Waals surface area contributed by atoms with Gasteiger partial charge in [-0.25, -0.2) is 48.2 Å². The number of aromatic nitrogens is 4. The molecule has 3 aromatic heterocycles. The number of fused-ring (bicyclic) bond motifs is 4. The third-order valence-electron chi connectivity index (χ3n) is 12.4. The summed E-state index contributed by atoms with van der Waals surface area (Å²) in [6.45, 7) is 0.844. The molecule has 1 amide bonds. The highest BCUT2D eigenvalue weighted by molar-refractivity contribution is 7.94. The first kappa shape index (κ1) is 45.9. The first-order chi connectivity index (χ1) is 31.0. The number of rotatable bonds is 15. The summed E-state index contributed by atoms with van der Waals surface area (Å²) in [6, 6.07) is 6.47. The molecule has 0 spiro atoms. The molecular formula is C44H39ClF8N6O5S2. The highest BCUT2D eigenvalue weighted by Crippen LogP contribution is 2.68. The summed E-state index contributed by atoms with van der Waals surface area (Å²) in [5.74, 6) is -3.44. The van der Waals surface area contributed by atoms with Gasteiger partial charge in [-0.1, -0.05) is 23.6 Å². The fourth-order valence-electron chi connectivity index (χ4n) is 8.87. The molecular weight excluding hydrogens is 944 g/mol. The molecule has 0 unspecified atom stereocenters. The number of amides is 1. The number of hydrogen-bond acceptors (Lipinski definition) is 7. The third kappa shape index (κ3) is 8.41. The molecule has 2 N–H and O–H groups in total. The van der Waals surface area contributed by atoms with E-state index in [4.69, 9.17) is 16.6 Å². The molecule has 3 fully saturated rings. The molecule has 3 heterocycles. The van der Waals surface area contributed by atoms with E-state index < -0.39 is 120 Å². The molecule has 0 aliphatic heterocycles. The fraction of sp³-hybridized carbons (Fsp3) is 0.432. The Morgan fingerprint density at radius 2 is 1.64 bits per heavy atom. The summed E-state index contributed by atoms with van der Waals surface area (Å²) < 4.78 is 173. The van der Waals surface area contributed by atoms with Gasteiger partial charge in [0.2, 0.25) is 15.9 Å². The van der Waals surface area contributed by atoms with E-state index in [0.717, 1.165) is 27.6 Å². The van der Waals surface area contributed by atoms with Crippen LogP contribution >= 0.6 is 11.6 Å². The molecule has 0 radical (unpaired) electrons. The largest absolute Gasteiger partial charge is 0.346 e. The lowest BCUT2D eigenvalue weighted by atomic mass is 9.93. The topological polar surface area (TPSA) is 145 Å². The minimum atomic E-state index is -4.04. The van der Waals surface area contributed by atoms with Crippen LogP contribution in [-0.2, 0) is 50.1 Å².